The van der Waals surface area contributed by atoms with E-state index in [1.807, 2.05) is 0 Å². The number of carbonyl (C=O) groups is 1. The van der Waals surface area contributed by atoms with Crippen molar-refractivity contribution in [3.63, 3.8) is 0 Å². The van der Waals surface area contributed by atoms with E-state index in [9.17, 15) is 14.9 Å². The van der Waals surface area contributed by atoms with Crippen LogP contribution in [0.2, 0.25) is 0 Å². The number of hydrogen-bond donors (Lipinski definition) is 0. The summed E-state index contributed by atoms with van der Waals surface area (Å²) in [5.41, 5.74) is -0.100. The molecule has 0 N–H and O–H groups in total. The third-order valence-electron chi connectivity index (χ3n) is 1.62. The molecule has 13 heavy (non-hydrogen) atoms. The molecular formula is C8H8N2O3. The molecule has 0 aliphatic rings. The van der Waals surface area contributed by atoms with Gasteiger partial charge in [-0.15, -0.1) is 0 Å². The Morgan fingerprint density at radius 1 is 1.69 bits per heavy atom. The van der Waals surface area contributed by atoms with Gasteiger partial charge < -0.3 is 0 Å². The van der Waals surface area contributed by atoms with Crippen LogP contribution in [0, 0.1) is 10.1 Å². The van der Waals surface area contributed by atoms with Crippen LogP contribution in [0.15, 0.2) is 18.5 Å². The molecule has 68 valence electrons. The molecule has 0 aliphatic carbocycles. The molecule has 5 nitrogen and oxygen atoms in total. The molecule has 0 saturated heterocycles. The molecule has 0 aromatic carbocycles. The van der Waals surface area contributed by atoms with E-state index < -0.39 is 4.92 Å². The molecule has 0 saturated carbocycles. The molecule has 0 amide bonds. The normalized spacial score (nSPS) is 9.62. The number of nitrogens with zero attached hydrogens (tertiary/aromatic N) is 2. The fourth-order valence-corrected chi connectivity index (χ4v) is 0.958. The third-order valence-corrected chi connectivity index (χ3v) is 1.62. The number of carbonyl (C=O) groups excluding carboxylic acids is 1. The van der Waals surface area contributed by atoms with Gasteiger partial charge in [-0.3, -0.25) is 19.9 Å². The second-order valence-corrected chi connectivity index (χ2v) is 2.43. The average molecular weight is 180 g/mol. The van der Waals surface area contributed by atoms with Crippen LogP contribution in [0.25, 0.3) is 0 Å². The summed E-state index contributed by atoms with van der Waals surface area (Å²) in [6.45, 7) is 1.66. The van der Waals surface area contributed by atoms with Gasteiger partial charge in [-0.1, -0.05) is 6.92 Å². The maximum Gasteiger partial charge on any atom is 0.298 e. The van der Waals surface area contributed by atoms with Crippen molar-refractivity contribution >= 4 is 11.5 Å². The van der Waals surface area contributed by atoms with Gasteiger partial charge in [0.1, 0.15) is 6.20 Å². The van der Waals surface area contributed by atoms with E-state index in [0.717, 1.165) is 6.20 Å². The van der Waals surface area contributed by atoms with Gasteiger partial charge in [0.15, 0.2) is 5.78 Å². The van der Waals surface area contributed by atoms with Gasteiger partial charge in [0.25, 0.3) is 5.69 Å². The monoisotopic (exact) mass is 180 g/mol. The molecular weight excluding hydrogens is 172 g/mol. The highest BCUT2D eigenvalue weighted by atomic mass is 16.6. The number of pyridine rings is 1. The first-order valence-corrected chi connectivity index (χ1v) is 3.78. The zero-order valence-corrected chi connectivity index (χ0v) is 7.06. The Morgan fingerprint density at radius 2 is 2.38 bits per heavy atom. The summed E-state index contributed by atoms with van der Waals surface area (Å²) >= 11 is 0. The Hall–Kier alpha value is -1.78. The Labute approximate surface area is 74.6 Å². The number of Topliss-reactive ketones (excluding diaryl/α,β-unsaturated/α-hetero) is 1. The standard InChI is InChI=1S/C8H8N2O3/c1-2-8(11)6-3-4-9-5-7(6)10(12)13/h3-5H,2H2,1H3. The molecule has 5 heteroatoms. The van der Waals surface area contributed by atoms with E-state index in [1.54, 1.807) is 6.92 Å². The lowest BCUT2D eigenvalue weighted by Gasteiger charge is -1.97. The maximum absolute atomic E-state index is 11.2. The maximum atomic E-state index is 11.2. The van der Waals surface area contributed by atoms with E-state index in [0.29, 0.717) is 0 Å². The number of aromatic nitrogens is 1. The zero-order valence-electron chi connectivity index (χ0n) is 7.06. The lowest BCUT2D eigenvalue weighted by Crippen LogP contribution is -2.02. The van der Waals surface area contributed by atoms with Gasteiger partial charge in [-0.2, -0.15) is 0 Å². The zero-order chi connectivity index (χ0) is 9.84. The molecule has 0 aliphatic heterocycles. The van der Waals surface area contributed by atoms with Crippen LogP contribution in [-0.4, -0.2) is 15.7 Å². The minimum Gasteiger partial charge on any atom is -0.294 e. The molecule has 1 aromatic rings. The fourth-order valence-electron chi connectivity index (χ4n) is 0.958. The molecule has 0 fully saturated rings. The minimum absolute atomic E-state index is 0.127. The van der Waals surface area contributed by atoms with E-state index >= 15 is 0 Å². The first-order chi connectivity index (χ1) is 6.16. The van der Waals surface area contributed by atoms with Crippen molar-refractivity contribution in [3.8, 4) is 0 Å². The molecule has 1 aromatic heterocycles. The van der Waals surface area contributed by atoms with E-state index in [1.165, 1.54) is 12.3 Å². The minimum atomic E-state index is -0.601. The molecule has 0 spiro atoms. The molecule has 1 heterocycles. The highest BCUT2D eigenvalue weighted by Crippen LogP contribution is 2.17. The van der Waals surface area contributed by atoms with Crippen LogP contribution in [0.1, 0.15) is 23.7 Å². The summed E-state index contributed by atoms with van der Waals surface area (Å²) < 4.78 is 0. The van der Waals surface area contributed by atoms with Crippen LogP contribution in [0.4, 0.5) is 5.69 Å². The summed E-state index contributed by atoms with van der Waals surface area (Å²) in [7, 11) is 0. The second-order valence-electron chi connectivity index (χ2n) is 2.43. The van der Waals surface area contributed by atoms with Gasteiger partial charge in [0.05, 0.1) is 10.5 Å². The predicted molar refractivity (Wildman–Crippen MR) is 45.5 cm³/mol. The van der Waals surface area contributed by atoms with Crippen molar-refractivity contribution in [2.45, 2.75) is 13.3 Å². The first-order valence-electron chi connectivity index (χ1n) is 3.78. The number of rotatable bonds is 3. The van der Waals surface area contributed by atoms with Crippen LogP contribution in [0.5, 0.6) is 0 Å². The molecule has 0 unspecified atom stereocenters. The first kappa shape index (κ1) is 9.31. The largest absolute Gasteiger partial charge is 0.298 e. The van der Waals surface area contributed by atoms with Crippen LogP contribution in [-0.2, 0) is 0 Å². The summed E-state index contributed by atoms with van der Waals surface area (Å²) in [6, 6.07) is 1.37. The Bertz CT molecular complexity index is 349. The number of nitro groups is 1. The average Bonchev–Trinajstić information content (AvgIpc) is 2.16. The lowest BCUT2D eigenvalue weighted by molar-refractivity contribution is -0.385. The molecule has 0 bridgehead atoms. The van der Waals surface area contributed by atoms with Gasteiger partial charge in [-0.25, -0.2) is 0 Å². The van der Waals surface area contributed by atoms with Crippen molar-refractivity contribution in [3.05, 3.63) is 34.1 Å². The van der Waals surface area contributed by atoms with E-state index in [-0.39, 0.29) is 23.5 Å². The van der Waals surface area contributed by atoms with Crippen molar-refractivity contribution in [2.24, 2.45) is 0 Å². The summed E-state index contributed by atoms with van der Waals surface area (Å²) in [4.78, 5) is 24.7. The summed E-state index contributed by atoms with van der Waals surface area (Å²) in [6.07, 6.45) is 2.71. The van der Waals surface area contributed by atoms with Gasteiger partial charge in [-0.05, 0) is 6.07 Å². The molecule has 0 radical (unpaired) electrons. The Balaban J connectivity index is 3.19. The van der Waals surface area contributed by atoms with Crippen molar-refractivity contribution in [1.82, 2.24) is 4.98 Å². The van der Waals surface area contributed by atoms with Crippen LogP contribution >= 0.6 is 0 Å². The van der Waals surface area contributed by atoms with Gasteiger partial charge in [0.2, 0.25) is 0 Å². The number of hydrogen-bond acceptors (Lipinski definition) is 4. The SMILES string of the molecule is CCC(=O)c1ccncc1[N+](=O)[O-]. The van der Waals surface area contributed by atoms with Crippen molar-refractivity contribution in [1.29, 1.82) is 0 Å². The van der Waals surface area contributed by atoms with Gasteiger partial charge in [0, 0.05) is 12.6 Å². The smallest absolute Gasteiger partial charge is 0.294 e. The Kier molecular flexibility index (Phi) is 2.69. The Morgan fingerprint density at radius 3 is 2.92 bits per heavy atom. The molecule has 0 atom stereocenters. The highest BCUT2D eigenvalue weighted by Gasteiger charge is 2.17. The van der Waals surface area contributed by atoms with E-state index in [4.69, 9.17) is 0 Å². The fraction of sp³-hybridized carbons (Fsp3) is 0.250. The summed E-state index contributed by atoms with van der Waals surface area (Å²) in [5, 5.41) is 10.5. The van der Waals surface area contributed by atoms with Crippen molar-refractivity contribution < 1.29 is 9.72 Å². The quantitative estimate of drug-likeness (QED) is 0.402. The summed E-state index contributed by atoms with van der Waals surface area (Å²) in [5.74, 6) is -0.242. The molecule has 1 rings (SSSR count). The topological polar surface area (TPSA) is 73.1 Å². The highest BCUT2D eigenvalue weighted by molar-refractivity contribution is 5.99. The predicted octanol–water partition coefficient (Wildman–Crippen LogP) is 1.58. The van der Waals surface area contributed by atoms with Gasteiger partial charge >= 0.3 is 0 Å². The van der Waals surface area contributed by atoms with Crippen molar-refractivity contribution in [2.75, 3.05) is 0 Å². The van der Waals surface area contributed by atoms with Crippen LogP contribution in [0.3, 0.4) is 0 Å². The van der Waals surface area contributed by atoms with Crippen LogP contribution < -0.4 is 0 Å². The third kappa shape index (κ3) is 1.87. The number of ketones is 1. The van der Waals surface area contributed by atoms with E-state index in [2.05, 4.69) is 4.98 Å². The lowest BCUT2D eigenvalue weighted by atomic mass is 10.1. The second kappa shape index (κ2) is 3.75.